The van der Waals surface area contributed by atoms with E-state index in [-0.39, 0.29) is 0 Å². The Balaban J connectivity index is 1.61. The summed E-state index contributed by atoms with van der Waals surface area (Å²) in [5.41, 5.74) is 6.32. The number of hydrogen-bond donors (Lipinski definition) is 0. The second-order valence-corrected chi connectivity index (χ2v) is 7.53. The summed E-state index contributed by atoms with van der Waals surface area (Å²) in [5.74, 6) is 1.06. The molecule has 0 radical (unpaired) electrons. The first-order valence-corrected chi connectivity index (χ1v) is 9.91. The molecule has 28 heavy (non-hydrogen) atoms. The van der Waals surface area contributed by atoms with Gasteiger partial charge in [-0.05, 0) is 49.1 Å². The van der Waals surface area contributed by atoms with Gasteiger partial charge in [-0.25, -0.2) is 0 Å². The molecule has 1 heterocycles. The molecule has 0 atom stereocenters. The summed E-state index contributed by atoms with van der Waals surface area (Å²) in [4.78, 5) is 9.74. The van der Waals surface area contributed by atoms with Crippen LogP contribution < -0.4 is 4.90 Å². The molecular formula is C25H27N3. The molecule has 0 aliphatic carbocycles. The van der Waals surface area contributed by atoms with Crippen molar-refractivity contribution in [3.8, 4) is 0 Å². The number of hydrogen-bond acceptors (Lipinski definition) is 3. The second-order valence-electron chi connectivity index (χ2n) is 7.53. The highest BCUT2D eigenvalue weighted by Crippen LogP contribution is 2.24. The third-order valence-corrected chi connectivity index (χ3v) is 5.13. The van der Waals surface area contributed by atoms with Crippen molar-refractivity contribution in [1.82, 2.24) is 4.90 Å². The van der Waals surface area contributed by atoms with E-state index in [0.717, 1.165) is 32.1 Å². The van der Waals surface area contributed by atoms with E-state index >= 15 is 0 Å². The Morgan fingerprint density at radius 2 is 1.46 bits per heavy atom. The standard InChI is InChI=1S/C25H27N3/c1-20-15-21(2)17-24(16-20)28-19-27(14-13-22-9-5-3-6-10-22)18-26-25(28)23-11-7-4-8-12-23/h3-12,15-17H,13-14,18-19H2,1-2H3. The topological polar surface area (TPSA) is 18.8 Å². The van der Waals surface area contributed by atoms with Gasteiger partial charge in [0.05, 0.1) is 13.3 Å². The average Bonchev–Trinajstić information content (AvgIpc) is 2.73. The molecule has 4 rings (SSSR count). The molecule has 0 saturated heterocycles. The van der Waals surface area contributed by atoms with E-state index in [4.69, 9.17) is 4.99 Å². The van der Waals surface area contributed by atoms with Crippen LogP contribution in [0.25, 0.3) is 0 Å². The zero-order chi connectivity index (χ0) is 19.3. The van der Waals surface area contributed by atoms with Crippen LogP contribution in [0, 0.1) is 13.8 Å². The first-order chi connectivity index (χ1) is 13.7. The number of aryl methyl sites for hydroxylation is 2. The first kappa shape index (κ1) is 18.5. The van der Waals surface area contributed by atoms with E-state index < -0.39 is 0 Å². The molecule has 0 unspecified atom stereocenters. The maximum atomic E-state index is 4.98. The molecule has 3 nitrogen and oxygen atoms in total. The van der Waals surface area contributed by atoms with Crippen molar-refractivity contribution in [1.29, 1.82) is 0 Å². The molecule has 0 fully saturated rings. The smallest absolute Gasteiger partial charge is 0.137 e. The Bertz CT molecular complexity index is 928. The minimum Gasteiger partial charge on any atom is -0.313 e. The molecule has 1 aliphatic heterocycles. The maximum Gasteiger partial charge on any atom is 0.137 e. The van der Waals surface area contributed by atoms with Crippen molar-refractivity contribution in [2.45, 2.75) is 20.3 Å². The van der Waals surface area contributed by atoms with E-state index in [1.54, 1.807) is 0 Å². The third-order valence-electron chi connectivity index (χ3n) is 5.13. The lowest BCUT2D eigenvalue weighted by Gasteiger charge is -2.36. The minimum absolute atomic E-state index is 0.734. The summed E-state index contributed by atoms with van der Waals surface area (Å²) >= 11 is 0. The van der Waals surface area contributed by atoms with Crippen LogP contribution in [-0.2, 0) is 6.42 Å². The summed E-state index contributed by atoms with van der Waals surface area (Å²) in [6.45, 7) is 6.90. The predicted molar refractivity (Wildman–Crippen MR) is 118 cm³/mol. The van der Waals surface area contributed by atoms with Gasteiger partial charge in [0.15, 0.2) is 0 Å². The van der Waals surface area contributed by atoms with Gasteiger partial charge < -0.3 is 4.90 Å². The van der Waals surface area contributed by atoms with Crippen LogP contribution in [-0.4, -0.2) is 30.6 Å². The predicted octanol–water partition coefficient (Wildman–Crippen LogP) is 5.03. The third kappa shape index (κ3) is 4.32. The minimum atomic E-state index is 0.734. The number of amidine groups is 1. The molecular weight excluding hydrogens is 342 g/mol. The quantitative estimate of drug-likeness (QED) is 0.628. The molecule has 1 aliphatic rings. The van der Waals surface area contributed by atoms with Gasteiger partial charge in [-0.15, -0.1) is 0 Å². The molecule has 0 N–H and O–H groups in total. The van der Waals surface area contributed by atoms with Crippen LogP contribution in [0.15, 0.2) is 83.9 Å². The Morgan fingerprint density at radius 1 is 0.821 bits per heavy atom. The van der Waals surface area contributed by atoms with Gasteiger partial charge in [-0.3, -0.25) is 9.89 Å². The van der Waals surface area contributed by atoms with Gasteiger partial charge in [0, 0.05) is 17.8 Å². The first-order valence-electron chi connectivity index (χ1n) is 9.91. The highest BCUT2D eigenvalue weighted by molar-refractivity contribution is 6.10. The monoisotopic (exact) mass is 369 g/mol. The normalized spacial score (nSPS) is 14.8. The van der Waals surface area contributed by atoms with Crippen LogP contribution in [0.3, 0.4) is 0 Å². The fourth-order valence-corrected chi connectivity index (χ4v) is 3.78. The van der Waals surface area contributed by atoms with Crippen molar-refractivity contribution < 1.29 is 0 Å². The molecule has 0 saturated carbocycles. The molecule has 0 amide bonds. The molecule has 0 spiro atoms. The zero-order valence-electron chi connectivity index (χ0n) is 16.7. The maximum absolute atomic E-state index is 4.98. The molecule has 0 aromatic heterocycles. The van der Waals surface area contributed by atoms with Crippen LogP contribution >= 0.6 is 0 Å². The molecule has 142 valence electrons. The average molecular weight is 370 g/mol. The van der Waals surface area contributed by atoms with Crippen LogP contribution in [0.2, 0.25) is 0 Å². The summed E-state index contributed by atoms with van der Waals surface area (Å²) in [5, 5.41) is 0. The van der Waals surface area contributed by atoms with Crippen molar-refractivity contribution in [3.63, 3.8) is 0 Å². The second kappa shape index (κ2) is 8.41. The van der Waals surface area contributed by atoms with E-state index in [2.05, 4.69) is 103 Å². The Kier molecular flexibility index (Phi) is 5.54. The summed E-state index contributed by atoms with van der Waals surface area (Å²) < 4.78 is 0. The van der Waals surface area contributed by atoms with Gasteiger partial charge in [-0.2, -0.15) is 0 Å². The lowest BCUT2D eigenvalue weighted by molar-refractivity contribution is 0.285. The fraction of sp³-hybridized carbons (Fsp3) is 0.240. The molecule has 3 aromatic carbocycles. The van der Waals surface area contributed by atoms with Crippen LogP contribution in [0.1, 0.15) is 22.3 Å². The highest BCUT2D eigenvalue weighted by atomic mass is 15.4. The highest BCUT2D eigenvalue weighted by Gasteiger charge is 2.23. The van der Waals surface area contributed by atoms with E-state index in [1.165, 1.54) is 27.9 Å². The summed E-state index contributed by atoms with van der Waals surface area (Å²) in [6, 6.07) is 27.9. The van der Waals surface area contributed by atoms with Crippen molar-refractivity contribution >= 4 is 11.5 Å². The fourth-order valence-electron chi connectivity index (χ4n) is 3.78. The molecule has 3 aromatic rings. The largest absolute Gasteiger partial charge is 0.313 e. The number of aliphatic imine (C=N–C) groups is 1. The summed E-state index contributed by atoms with van der Waals surface area (Å²) in [6.07, 6.45) is 1.04. The molecule has 3 heteroatoms. The van der Waals surface area contributed by atoms with Crippen molar-refractivity contribution in [2.75, 3.05) is 24.8 Å². The van der Waals surface area contributed by atoms with Gasteiger partial charge >= 0.3 is 0 Å². The Hall–Kier alpha value is -2.91. The van der Waals surface area contributed by atoms with Gasteiger partial charge in [0.1, 0.15) is 5.84 Å². The van der Waals surface area contributed by atoms with Crippen LogP contribution in [0.5, 0.6) is 0 Å². The SMILES string of the molecule is Cc1cc(C)cc(N2CN(CCc3ccccc3)CN=C2c2ccccc2)c1. The lowest BCUT2D eigenvalue weighted by atomic mass is 10.1. The Morgan fingerprint density at radius 3 is 2.14 bits per heavy atom. The zero-order valence-corrected chi connectivity index (χ0v) is 16.7. The van der Waals surface area contributed by atoms with Gasteiger partial charge in [0.2, 0.25) is 0 Å². The van der Waals surface area contributed by atoms with E-state index in [0.29, 0.717) is 0 Å². The van der Waals surface area contributed by atoms with Crippen molar-refractivity contribution in [2.24, 2.45) is 4.99 Å². The van der Waals surface area contributed by atoms with Crippen LogP contribution in [0.4, 0.5) is 5.69 Å². The number of nitrogens with zero attached hydrogens (tertiary/aromatic N) is 3. The lowest BCUT2D eigenvalue weighted by Crippen LogP contribution is -2.47. The summed E-state index contributed by atoms with van der Waals surface area (Å²) in [7, 11) is 0. The number of anilines is 1. The molecule has 0 bridgehead atoms. The van der Waals surface area contributed by atoms with Crippen molar-refractivity contribution in [3.05, 3.63) is 101 Å². The number of rotatable bonds is 5. The number of benzene rings is 3. The Labute approximate surface area is 168 Å². The van der Waals surface area contributed by atoms with E-state index in [9.17, 15) is 0 Å². The van der Waals surface area contributed by atoms with E-state index in [1.807, 2.05) is 0 Å². The van der Waals surface area contributed by atoms with Gasteiger partial charge in [-0.1, -0.05) is 66.7 Å². The van der Waals surface area contributed by atoms with Gasteiger partial charge in [0.25, 0.3) is 0 Å².